The summed E-state index contributed by atoms with van der Waals surface area (Å²) in [5.41, 5.74) is 1.03. The molecule has 1 rings (SSSR count). The van der Waals surface area contributed by atoms with Gasteiger partial charge in [-0.25, -0.2) is 4.79 Å². The van der Waals surface area contributed by atoms with E-state index in [1.165, 1.54) is 7.11 Å². The van der Waals surface area contributed by atoms with Gasteiger partial charge in [-0.1, -0.05) is 32.0 Å². The van der Waals surface area contributed by atoms with Crippen LogP contribution in [0.4, 0.5) is 0 Å². The van der Waals surface area contributed by atoms with Crippen molar-refractivity contribution in [1.29, 1.82) is 0 Å². The van der Waals surface area contributed by atoms with Crippen LogP contribution in [0.3, 0.4) is 0 Å². The van der Waals surface area contributed by atoms with Crippen molar-refractivity contribution < 1.29 is 14.3 Å². The predicted molar refractivity (Wildman–Crippen MR) is 65.9 cm³/mol. The predicted octanol–water partition coefficient (Wildman–Crippen LogP) is 1.74. The van der Waals surface area contributed by atoms with Crippen LogP contribution in [0.15, 0.2) is 24.3 Å². The topological polar surface area (TPSA) is 47.6 Å². The zero-order chi connectivity index (χ0) is 12.7. The van der Waals surface area contributed by atoms with E-state index in [4.69, 9.17) is 4.74 Å². The Kier molecular flexibility index (Phi) is 5.49. The Hall–Kier alpha value is -1.55. The second-order valence-corrected chi connectivity index (χ2v) is 4.01. The lowest BCUT2D eigenvalue weighted by molar-refractivity contribution is -0.142. The highest BCUT2D eigenvalue weighted by molar-refractivity contribution is 5.70. The minimum absolute atomic E-state index is 0.0603. The van der Waals surface area contributed by atoms with Crippen molar-refractivity contribution in [2.75, 3.05) is 13.7 Å². The summed E-state index contributed by atoms with van der Waals surface area (Å²) < 4.78 is 9.94. The number of para-hydroxylation sites is 1. The molecule has 0 spiro atoms. The molecule has 0 fully saturated rings. The first-order valence-corrected chi connectivity index (χ1v) is 5.64. The minimum atomic E-state index is -0.378. The molecule has 0 amide bonds. The number of methoxy groups -OCH3 is 1. The summed E-state index contributed by atoms with van der Waals surface area (Å²) in [7, 11) is 1.35. The summed E-state index contributed by atoms with van der Waals surface area (Å²) in [6.07, 6.45) is 0. The Labute approximate surface area is 102 Å². The number of hydrogen-bond acceptors (Lipinski definition) is 4. The van der Waals surface area contributed by atoms with Gasteiger partial charge in [0.2, 0.25) is 0 Å². The Bertz CT molecular complexity index is 363. The van der Waals surface area contributed by atoms with Crippen molar-refractivity contribution in [2.24, 2.45) is 0 Å². The Balaban J connectivity index is 2.60. The minimum Gasteiger partial charge on any atom is -0.482 e. The van der Waals surface area contributed by atoms with Gasteiger partial charge in [0.25, 0.3) is 0 Å². The number of carbonyl (C=O) groups excluding carboxylic acids is 1. The van der Waals surface area contributed by atoms with Gasteiger partial charge in [-0.2, -0.15) is 0 Å². The molecule has 94 valence electrons. The quantitative estimate of drug-likeness (QED) is 0.765. The highest BCUT2D eigenvalue weighted by Crippen LogP contribution is 2.17. The number of esters is 1. The average Bonchev–Trinajstić information content (AvgIpc) is 2.34. The van der Waals surface area contributed by atoms with E-state index in [2.05, 4.69) is 23.9 Å². The van der Waals surface area contributed by atoms with Gasteiger partial charge >= 0.3 is 5.97 Å². The molecule has 0 saturated carbocycles. The third kappa shape index (κ3) is 4.87. The van der Waals surface area contributed by atoms with E-state index in [1.807, 2.05) is 24.3 Å². The van der Waals surface area contributed by atoms with Crippen LogP contribution in [0.25, 0.3) is 0 Å². The van der Waals surface area contributed by atoms with Crippen LogP contribution in [0, 0.1) is 0 Å². The molecule has 0 atom stereocenters. The molecule has 0 aliphatic heterocycles. The first-order valence-electron chi connectivity index (χ1n) is 5.64. The molecule has 0 aromatic heterocycles. The maximum absolute atomic E-state index is 11.0. The summed E-state index contributed by atoms with van der Waals surface area (Å²) in [6.45, 7) is 4.82. The lowest BCUT2D eigenvalue weighted by Crippen LogP contribution is -2.22. The normalized spacial score (nSPS) is 10.4. The highest BCUT2D eigenvalue weighted by Gasteiger charge is 2.06. The van der Waals surface area contributed by atoms with Gasteiger partial charge in [0, 0.05) is 18.2 Å². The molecule has 0 saturated heterocycles. The number of carbonyl (C=O) groups is 1. The van der Waals surface area contributed by atoms with Gasteiger partial charge in [-0.3, -0.25) is 0 Å². The van der Waals surface area contributed by atoms with Gasteiger partial charge in [0.1, 0.15) is 5.75 Å². The van der Waals surface area contributed by atoms with E-state index in [0.29, 0.717) is 11.8 Å². The number of nitrogens with one attached hydrogen (secondary N) is 1. The van der Waals surface area contributed by atoms with Gasteiger partial charge in [0.05, 0.1) is 7.11 Å². The van der Waals surface area contributed by atoms with Crippen LogP contribution < -0.4 is 10.1 Å². The molecule has 0 unspecified atom stereocenters. The van der Waals surface area contributed by atoms with Crippen LogP contribution in [0.5, 0.6) is 5.75 Å². The summed E-state index contributed by atoms with van der Waals surface area (Å²) in [6, 6.07) is 8.06. The zero-order valence-corrected chi connectivity index (χ0v) is 10.5. The fraction of sp³-hybridized carbons (Fsp3) is 0.462. The maximum Gasteiger partial charge on any atom is 0.343 e. The molecular formula is C13H19NO3. The van der Waals surface area contributed by atoms with E-state index < -0.39 is 0 Å². The van der Waals surface area contributed by atoms with E-state index in [1.54, 1.807) is 0 Å². The zero-order valence-electron chi connectivity index (χ0n) is 10.5. The highest BCUT2D eigenvalue weighted by atomic mass is 16.6. The average molecular weight is 237 g/mol. The van der Waals surface area contributed by atoms with E-state index >= 15 is 0 Å². The van der Waals surface area contributed by atoms with Crippen molar-refractivity contribution in [3.05, 3.63) is 29.8 Å². The Morgan fingerprint density at radius 3 is 2.71 bits per heavy atom. The molecule has 1 N–H and O–H groups in total. The first-order chi connectivity index (χ1) is 8.13. The van der Waals surface area contributed by atoms with Crippen molar-refractivity contribution in [3.8, 4) is 5.75 Å². The lowest BCUT2D eigenvalue weighted by Gasteiger charge is -2.12. The molecule has 1 aromatic carbocycles. The van der Waals surface area contributed by atoms with Crippen LogP contribution >= 0.6 is 0 Å². The van der Waals surface area contributed by atoms with Gasteiger partial charge in [-0.15, -0.1) is 0 Å². The summed E-state index contributed by atoms with van der Waals surface area (Å²) >= 11 is 0. The van der Waals surface area contributed by atoms with Crippen molar-refractivity contribution in [2.45, 2.75) is 26.4 Å². The second-order valence-electron chi connectivity index (χ2n) is 4.01. The third-order valence-electron chi connectivity index (χ3n) is 2.25. The van der Waals surface area contributed by atoms with Crippen molar-refractivity contribution in [3.63, 3.8) is 0 Å². The van der Waals surface area contributed by atoms with Gasteiger partial charge in [-0.05, 0) is 6.07 Å². The number of benzene rings is 1. The number of hydrogen-bond donors (Lipinski definition) is 1. The van der Waals surface area contributed by atoms with Crippen molar-refractivity contribution in [1.82, 2.24) is 5.32 Å². The van der Waals surface area contributed by atoms with E-state index in [-0.39, 0.29) is 12.6 Å². The molecule has 4 heteroatoms. The molecule has 0 aliphatic rings. The maximum atomic E-state index is 11.0. The standard InChI is InChI=1S/C13H19NO3/c1-10(2)14-8-11-6-4-5-7-12(11)17-9-13(15)16-3/h4-7,10,14H,8-9H2,1-3H3. The summed E-state index contributed by atoms with van der Waals surface area (Å²) in [5, 5.41) is 3.31. The molecule has 0 radical (unpaired) electrons. The second kappa shape index (κ2) is 6.91. The van der Waals surface area contributed by atoms with Crippen LogP contribution in [0.1, 0.15) is 19.4 Å². The molecule has 0 heterocycles. The molecule has 1 aromatic rings. The smallest absolute Gasteiger partial charge is 0.343 e. The van der Waals surface area contributed by atoms with E-state index in [0.717, 1.165) is 12.1 Å². The molecule has 0 bridgehead atoms. The van der Waals surface area contributed by atoms with Crippen molar-refractivity contribution >= 4 is 5.97 Å². The van der Waals surface area contributed by atoms with Crippen LogP contribution in [-0.2, 0) is 16.1 Å². The summed E-state index contributed by atoms with van der Waals surface area (Å²) in [4.78, 5) is 11.0. The third-order valence-corrected chi connectivity index (χ3v) is 2.25. The van der Waals surface area contributed by atoms with Crippen LogP contribution in [0.2, 0.25) is 0 Å². The summed E-state index contributed by atoms with van der Waals surface area (Å²) in [5.74, 6) is 0.336. The van der Waals surface area contributed by atoms with Gasteiger partial charge in [0.15, 0.2) is 6.61 Å². The molecule has 0 aliphatic carbocycles. The Morgan fingerprint density at radius 1 is 1.35 bits per heavy atom. The molecular weight excluding hydrogens is 218 g/mol. The molecule has 17 heavy (non-hydrogen) atoms. The fourth-order valence-corrected chi connectivity index (χ4v) is 1.30. The Morgan fingerprint density at radius 2 is 2.06 bits per heavy atom. The monoisotopic (exact) mass is 237 g/mol. The molecule has 4 nitrogen and oxygen atoms in total. The van der Waals surface area contributed by atoms with Crippen LogP contribution in [-0.4, -0.2) is 25.7 Å². The van der Waals surface area contributed by atoms with E-state index in [9.17, 15) is 4.79 Å². The first kappa shape index (κ1) is 13.5. The fourth-order valence-electron chi connectivity index (χ4n) is 1.30. The number of rotatable bonds is 6. The lowest BCUT2D eigenvalue weighted by atomic mass is 10.2. The van der Waals surface area contributed by atoms with Gasteiger partial charge < -0.3 is 14.8 Å². The largest absolute Gasteiger partial charge is 0.482 e. The SMILES string of the molecule is COC(=O)COc1ccccc1CNC(C)C. The number of ether oxygens (including phenoxy) is 2.